The molecular weight excluding hydrogens is 210 g/mol. The fraction of sp³-hybridized carbons (Fsp3) is 0.727. The van der Waals surface area contributed by atoms with Gasteiger partial charge in [-0.1, -0.05) is 5.16 Å². The number of hydrogen-bond acceptors (Lipinski definition) is 5. The third-order valence-corrected chi connectivity index (χ3v) is 2.34. The second kappa shape index (κ2) is 6.25. The molecule has 0 aromatic heterocycles. The first-order valence-corrected chi connectivity index (χ1v) is 5.51. The van der Waals surface area contributed by atoms with Crippen LogP contribution in [-0.4, -0.2) is 30.2 Å². The van der Waals surface area contributed by atoms with E-state index < -0.39 is 6.10 Å². The molecule has 1 rings (SSSR count). The zero-order valence-electron chi connectivity index (χ0n) is 9.69. The lowest BCUT2D eigenvalue weighted by atomic mass is 10.1. The van der Waals surface area contributed by atoms with Gasteiger partial charge in [0, 0.05) is 12.8 Å². The Kier molecular flexibility index (Phi) is 4.95. The molecule has 0 fully saturated rings. The number of ketones is 1. The van der Waals surface area contributed by atoms with Gasteiger partial charge in [0.15, 0.2) is 11.9 Å². The molecule has 90 valence electrons. The van der Waals surface area contributed by atoms with E-state index in [4.69, 9.17) is 9.57 Å². The maximum Gasteiger partial charge on any atom is 0.305 e. The van der Waals surface area contributed by atoms with Crippen molar-refractivity contribution < 1.29 is 19.2 Å². The molecule has 0 radical (unpaired) electrons. The zero-order chi connectivity index (χ0) is 12.0. The normalized spacial score (nSPS) is 18.9. The monoisotopic (exact) mass is 227 g/mol. The van der Waals surface area contributed by atoms with Crippen LogP contribution in [0.1, 0.15) is 39.5 Å². The highest BCUT2D eigenvalue weighted by atomic mass is 16.6. The molecule has 5 nitrogen and oxygen atoms in total. The SMILES string of the molecule is CCOC(=O)CCCC1=NOC(C(C)=O)C1. The van der Waals surface area contributed by atoms with Gasteiger partial charge in [-0.15, -0.1) is 0 Å². The number of Topliss-reactive ketones (excluding diaryl/α,β-unsaturated/α-hetero) is 1. The summed E-state index contributed by atoms with van der Waals surface area (Å²) in [6, 6.07) is 0. The Morgan fingerprint density at radius 1 is 1.56 bits per heavy atom. The van der Waals surface area contributed by atoms with Crippen LogP contribution in [0.2, 0.25) is 0 Å². The minimum absolute atomic E-state index is 0.0101. The second-order valence-corrected chi connectivity index (χ2v) is 3.72. The second-order valence-electron chi connectivity index (χ2n) is 3.72. The number of ether oxygens (including phenoxy) is 1. The summed E-state index contributed by atoms with van der Waals surface area (Å²) in [5.74, 6) is -0.200. The summed E-state index contributed by atoms with van der Waals surface area (Å²) in [5.41, 5.74) is 0.851. The van der Waals surface area contributed by atoms with Gasteiger partial charge in [-0.3, -0.25) is 9.59 Å². The van der Waals surface area contributed by atoms with Crippen molar-refractivity contribution in [1.82, 2.24) is 0 Å². The van der Waals surface area contributed by atoms with Gasteiger partial charge < -0.3 is 9.57 Å². The third-order valence-electron chi connectivity index (χ3n) is 2.34. The Balaban J connectivity index is 2.16. The fourth-order valence-electron chi connectivity index (χ4n) is 1.46. The van der Waals surface area contributed by atoms with Crippen LogP contribution in [0, 0.1) is 0 Å². The number of rotatable bonds is 6. The zero-order valence-corrected chi connectivity index (χ0v) is 9.69. The van der Waals surface area contributed by atoms with Gasteiger partial charge in [0.05, 0.1) is 12.3 Å². The Morgan fingerprint density at radius 2 is 2.31 bits per heavy atom. The Hall–Kier alpha value is -1.39. The van der Waals surface area contributed by atoms with Crippen molar-refractivity contribution in [2.75, 3.05) is 6.61 Å². The van der Waals surface area contributed by atoms with Crippen LogP contribution in [0.15, 0.2) is 5.16 Å². The van der Waals surface area contributed by atoms with E-state index in [0.29, 0.717) is 32.3 Å². The minimum Gasteiger partial charge on any atom is -0.466 e. The fourth-order valence-corrected chi connectivity index (χ4v) is 1.46. The molecule has 0 amide bonds. The predicted molar refractivity (Wildman–Crippen MR) is 58.1 cm³/mol. The first-order chi connectivity index (χ1) is 7.63. The van der Waals surface area contributed by atoms with Crippen LogP contribution in [0.3, 0.4) is 0 Å². The Bertz CT molecular complexity index is 298. The standard InChI is InChI=1S/C11H17NO4/c1-3-15-11(14)6-4-5-9-7-10(8(2)13)16-12-9/h10H,3-7H2,1-2H3. The van der Waals surface area contributed by atoms with Gasteiger partial charge in [0.2, 0.25) is 0 Å². The number of nitrogens with zero attached hydrogens (tertiary/aromatic N) is 1. The molecule has 1 aliphatic heterocycles. The van der Waals surface area contributed by atoms with Crippen LogP contribution in [0.4, 0.5) is 0 Å². The lowest BCUT2D eigenvalue weighted by molar-refractivity contribution is -0.143. The van der Waals surface area contributed by atoms with E-state index in [1.54, 1.807) is 6.92 Å². The summed E-state index contributed by atoms with van der Waals surface area (Å²) in [5, 5.41) is 3.82. The average molecular weight is 227 g/mol. The molecule has 1 unspecified atom stereocenters. The predicted octanol–water partition coefficient (Wildman–Crippen LogP) is 1.45. The van der Waals surface area contributed by atoms with E-state index in [2.05, 4.69) is 5.16 Å². The molecule has 1 aliphatic rings. The molecular formula is C11H17NO4. The maximum absolute atomic E-state index is 11.0. The van der Waals surface area contributed by atoms with Gasteiger partial charge in [0.25, 0.3) is 0 Å². The number of oxime groups is 1. The summed E-state index contributed by atoms with van der Waals surface area (Å²) in [6.45, 7) is 3.68. The number of hydrogen-bond donors (Lipinski definition) is 0. The van der Waals surface area contributed by atoms with Crippen molar-refractivity contribution in [2.24, 2.45) is 5.16 Å². The van der Waals surface area contributed by atoms with Gasteiger partial charge in [-0.05, 0) is 26.7 Å². The van der Waals surface area contributed by atoms with Crippen molar-refractivity contribution in [3.8, 4) is 0 Å². The quantitative estimate of drug-likeness (QED) is 0.644. The highest BCUT2D eigenvalue weighted by Gasteiger charge is 2.24. The van der Waals surface area contributed by atoms with Crippen molar-refractivity contribution in [2.45, 2.75) is 45.6 Å². The van der Waals surface area contributed by atoms with E-state index in [0.717, 1.165) is 5.71 Å². The molecule has 0 saturated heterocycles. The maximum atomic E-state index is 11.0. The Labute approximate surface area is 94.8 Å². The summed E-state index contributed by atoms with van der Waals surface area (Å²) >= 11 is 0. The Morgan fingerprint density at radius 3 is 2.88 bits per heavy atom. The number of esters is 1. The molecule has 1 atom stereocenters. The molecule has 1 heterocycles. The highest BCUT2D eigenvalue weighted by Crippen LogP contribution is 2.15. The topological polar surface area (TPSA) is 65.0 Å². The molecule has 0 aromatic carbocycles. The first kappa shape index (κ1) is 12.7. The van der Waals surface area contributed by atoms with E-state index >= 15 is 0 Å². The molecule has 0 spiro atoms. The first-order valence-electron chi connectivity index (χ1n) is 5.51. The van der Waals surface area contributed by atoms with Crippen molar-refractivity contribution >= 4 is 17.5 Å². The summed E-state index contributed by atoms with van der Waals surface area (Å²) < 4.78 is 4.80. The highest BCUT2D eigenvalue weighted by molar-refractivity contribution is 5.92. The molecule has 0 aromatic rings. The lowest BCUT2D eigenvalue weighted by Crippen LogP contribution is -2.17. The third kappa shape index (κ3) is 4.00. The van der Waals surface area contributed by atoms with E-state index in [9.17, 15) is 9.59 Å². The largest absolute Gasteiger partial charge is 0.466 e. The van der Waals surface area contributed by atoms with Crippen LogP contribution in [0.5, 0.6) is 0 Å². The molecule has 16 heavy (non-hydrogen) atoms. The smallest absolute Gasteiger partial charge is 0.305 e. The summed E-state index contributed by atoms with van der Waals surface area (Å²) in [4.78, 5) is 27.0. The van der Waals surface area contributed by atoms with Gasteiger partial charge in [0.1, 0.15) is 0 Å². The van der Waals surface area contributed by atoms with E-state index in [1.165, 1.54) is 6.92 Å². The molecule has 0 bridgehead atoms. The number of carbonyl (C=O) groups excluding carboxylic acids is 2. The van der Waals surface area contributed by atoms with E-state index in [1.807, 2.05) is 0 Å². The number of carbonyl (C=O) groups is 2. The lowest BCUT2D eigenvalue weighted by Gasteiger charge is -2.02. The average Bonchev–Trinajstić information content (AvgIpc) is 2.67. The van der Waals surface area contributed by atoms with Gasteiger partial charge >= 0.3 is 5.97 Å². The van der Waals surface area contributed by atoms with Crippen molar-refractivity contribution in [3.63, 3.8) is 0 Å². The van der Waals surface area contributed by atoms with Crippen molar-refractivity contribution in [1.29, 1.82) is 0 Å². The van der Waals surface area contributed by atoms with E-state index in [-0.39, 0.29) is 11.8 Å². The van der Waals surface area contributed by atoms with Gasteiger partial charge in [-0.2, -0.15) is 0 Å². The molecule has 0 aliphatic carbocycles. The van der Waals surface area contributed by atoms with Crippen LogP contribution >= 0.6 is 0 Å². The molecule has 0 N–H and O–H groups in total. The van der Waals surface area contributed by atoms with Gasteiger partial charge in [-0.25, -0.2) is 0 Å². The summed E-state index contributed by atoms with van der Waals surface area (Å²) in [7, 11) is 0. The molecule has 5 heteroatoms. The minimum atomic E-state index is -0.419. The van der Waals surface area contributed by atoms with Crippen LogP contribution in [0.25, 0.3) is 0 Å². The van der Waals surface area contributed by atoms with Crippen molar-refractivity contribution in [3.05, 3.63) is 0 Å². The molecule has 0 saturated carbocycles. The van der Waals surface area contributed by atoms with Crippen LogP contribution < -0.4 is 0 Å². The van der Waals surface area contributed by atoms with Crippen LogP contribution in [-0.2, 0) is 19.2 Å². The summed E-state index contributed by atoms with van der Waals surface area (Å²) in [6.07, 6.45) is 1.89.